The van der Waals surface area contributed by atoms with Gasteiger partial charge in [-0.15, -0.1) is 0 Å². The summed E-state index contributed by atoms with van der Waals surface area (Å²) < 4.78 is 5.54. The van der Waals surface area contributed by atoms with E-state index >= 15 is 0 Å². The van der Waals surface area contributed by atoms with Crippen molar-refractivity contribution in [3.05, 3.63) is 83.4 Å². The summed E-state index contributed by atoms with van der Waals surface area (Å²) in [5, 5.41) is 2.86. The molecule has 1 atom stereocenters. The number of carbonyl (C=O) groups is 2. The largest absolute Gasteiger partial charge is 0.449 e. The summed E-state index contributed by atoms with van der Waals surface area (Å²) in [4.78, 5) is 33.3. The first kappa shape index (κ1) is 21.3. The zero-order valence-corrected chi connectivity index (χ0v) is 18.3. The van der Waals surface area contributed by atoms with Crippen molar-refractivity contribution in [1.29, 1.82) is 0 Å². The molecule has 0 aliphatic carbocycles. The van der Waals surface area contributed by atoms with Crippen molar-refractivity contribution in [3.8, 4) is 11.4 Å². The Labute approximate surface area is 186 Å². The molecule has 0 saturated carbocycles. The molecular formula is C26H25N3O3. The molecule has 32 heavy (non-hydrogen) atoms. The van der Waals surface area contributed by atoms with Gasteiger partial charge in [0.2, 0.25) is 0 Å². The van der Waals surface area contributed by atoms with Crippen LogP contribution in [0.3, 0.4) is 0 Å². The lowest BCUT2D eigenvalue weighted by molar-refractivity contribution is -0.124. The first-order chi connectivity index (χ1) is 15.4. The Balaban J connectivity index is 1.49. The highest BCUT2D eigenvalue weighted by molar-refractivity contribution is 5.99. The number of benzene rings is 3. The number of imidazole rings is 1. The molecule has 162 valence electrons. The third kappa shape index (κ3) is 4.54. The lowest BCUT2D eigenvalue weighted by Gasteiger charge is -2.17. The minimum atomic E-state index is -0.888. The van der Waals surface area contributed by atoms with E-state index in [1.54, 1.807) is 18.2 Å². The smallest absolute Gasteiger partial charge is 0.338 e. The van der Waals surface area contributed by atoms with Crippen LogP contribution in [0.2, 0.25) is 0 Å². The van der Waals surface area contributed by atoms with Crippen LogP contribution in [0.1, 0.15) is 34.8 Å². The average Bonchev–Trinajstić information content (AvgIpc) is 3.23. The fourth-order valence-electron chi connectivity index (χ4n) is 3.56. The van der Waals surface area contributed by atoms with Gasteiger partial charge in [0.15, 0.2) is 6.10 Å². The Hall–Kier alpha value is -3.93. The van der Waals surface area contributed by atoms with Gasteiger partial charge in [-0.1, -0.05) is 55.0 Å². The van der Waals surface area contributed by atoms with E-state index in [4.69, 9.17) is 4.74 Å². The van der Waals surface area contributed by atoms with Crippen molar-refractivity contribution < 1.29 is 14.3 Å². The Kier molecular flexibility index (Phi) is 6.03. The lowest BCUT2D eigenvalue weighted by Crippen LogP contribution is -2.32. The number of hydrogen-bond acceptors (Lipinski definition) is 4. The maximum atomic E-state index is 12.8. The highest BCUT2D eigenvalue weighted by Crippen LogP contribution is 2.22. The predicted molar refractivity (Wildman–Crippen MR) is 126 cm³/mol. The summed E-state index contributed by atoms with van der Waals surface area (Å²) in [6.45, 7) is 5.73. The highest BCUT2D eigenvalue weighted by Gasteiger charge is 2.23. The summed E-state index contributed by atoms with van der Waals surface area (Å²) >= 11 is 0. The van der Waals surface area contributed by atoms with Crippen molar-refractivity contribution in [1.82, 2.24) is 9.97 Å². The molecule has 3 aromatic carbocycles. The summed E-state index contributed by atoms with van der Waals surface area (Å²) in [6.07, 6.45) is -0.520. The second-order valence-corrected chi connectivity index (χ2v) is 7.79. The third-order valence-corrected chi connectivity index (χ3v) is 5.32. The molecule has 0 saturated heterocycles. The Morgan fingerprint density at radius 3 is 2.53 bits per heavy atom. The van der Waals surface area contributed by atoms with Gasteiger partial charge < -0.3 is 15.0 Å². The normalized spacial score (nSPS) is 11.8. The standard InChI is InChI=1S/C26H25N3O3/c1-4-23(25(30)29-20-12-10-16(2)14-17(20)3)32-26(31)19-11-13-21-22(15-19)28-24(27-21)18-8-6-5-7-9-18/h5-15,23H,4H2,1-3H3,(H,27,28)(H,29,30). The molecule has 2 N–H and O–H groups in total. The zero-order chi connectivity index (χ0) is 22.7. The molecule has 0 radical (unpaired) electrons. The predicted octanol–water partition coefficient (Wildman–Crippen LogP) is 5.42. The van der Waals surface area contributed by atoms with Gasteiger partial charge in [0.05, 0.1) is 16.6 Å². The molecule has 6 nitrogen and oxygen atoms in total. The second-order valence-electron chi connectivity index (χ2n) is 7.79. The SMILES string of the molecule is CCC(OC(=O)c1ccc2nc(-c3ccccc3)[nH]c2c1)C(=O)Nc1ccc(C)cc1C. The summed E-state index contributed by atoms with van der Waals surface area (Å²) in [7, 11) is 0. The maximum Gasteiger partial charge on any atom is 0.338 e. The lowest BCUT2D eigenvalue weighted by atomic mass is 10.1. The molecule has 1 unspecified atom stereocenters. The number of rotatable bonds is 6. The number of aryl methyl sites for hydroxylation is 2. The number of ether oxygens (including phenoxy) is 1. The molecule has 0 fully saturated rings. The van der Waals surface area contributed by atoms with E-state index in [-0.39, 0.29) is 5.91 Å². The van der Waals surface area contributed by atoms with Crippen LogP contribution >= 0.6 is 0 Å². The van der Waals surface area contributed by atoms with Gasteiger partial charge >= 0.3 is 5.97 Å². The number of hydrogen-bond donors (Lipinski definition) is 2. The minimum absolute atomic E-state index is 0.346. The highest BCUT2D eigenvalue weighted by atomic mass is 16.5. The molecule has 0 bridgehead atoms. The number of esters is 1. The molecule has 4 rings (SSSR count). The quantitative estimate of drug-likeness (QED) is 0.402. The number of aromatic nitrogens is 2. The van der Waals surface area contributed by atoms with Crippen molar-refractivity contribution in [2.45, 2.75) is 33.3 Å². The molecule has 4 aromatic rings. The van der Waals surface area contributed by atoms with Crippen LogP contribution in [0.4, 0.5) is 5.69 Å². The van der Waals surface area contributed by atoms with Crippen LogP contribution < -0.4 is 5.32 Å². The van der Waals surface area contributed by atoms with Crippen molar-refractivity contribution in [2.75, 3.05) is 5.32 Å². The van der Waals surface area contributed by atoms with Crippen LogP contribution in [0, 0.1) is 13.8 Å². The van der Waals surface area contributed by atoms with E-state index < -0.39 is 12.1 Å². The van der Waals surface area contributed by atoms with Gasteiger partial charge in [-0.25, -0.2) is 9.78 Å². The molecule has 1 aromatic heterocycles. The van der Waals surface area contributed by atoms with Crippen LogP contribution in [0.5, 0.6) is 0 Å². The van der Waals surface area contributed by atoms with E-state index in [0.29, 0.717) is 17.7 Å². The Morgan fingerprint density at radius 2 is 1.81 bits per heavy atom. The van der Waals surface area contributed by atoms with E-state index in [1.807, 2.05) is 69.3 Å². The molecule has 0 aliphatic heterocycles. The minimum Gasteiger partial charge on any atom is -0.449 e. The summed E-state index contributed by atoms with van der Waals surface area (Å²) in [6, 6.07) is 20.7. The first-order valence-corrected chi connectivity index (χ1v) is 10.6. The average molecular weight is 428 g/mol. The van der Waals surface area contributed by atoms with Gasteiger partial charge in [-0.05, 0) is 50.1 Å². The first-order valence-electron chi connectivity index (χ1n) is 10.6. The van der Waals surface area contributed by atoms with Crippen molar-refractivity contribution in [3.63, 3.8) is 0 Å². The van der Waals surface area contributed by atoms with E-state index in [1.165, 1.54) is 0 Å². The Morgan fingerprint density at radius 1 is 1.03 bits per heavy atom. The van der Waals surface area contributed by atoms with Gasteiger partial charge in [0, 0.05) is 11.3 Å². The number of nitrogens with zero attached hydrogens (tertiary/aromatic N) is 1. The molecule has 1 heterocycles. The van der Waals surface area contributed by atoms with Gasteiger partial charge in [0.1, 0.15) is 5.82 Å². The van der Waals surface area contributed by atoms with Crippen molar-refractivity contribution >= 4 is 28.6 Å². The zero-order valence-electron chi connectivity index (χ0n) is 18.3. The summed E-state index contributed by atoms with van der Waals surface area (Å²) in [5.41, 5.74) is 5.58. The topological polar surface area (TPSA) is 84.1 Å². The molecule has 0 spiro atoms. The maximum absolute atomic E-state index is 12.8. The molecular weight excluding hydrogens is 402 g/mol. The Bertz CT molecular complexity index is 1280. The van der Waals surface area contributed by atoms with Gasteiger partial charge in [0.25, 0.3) is 5.91 Å². The summed E-state index contributed by atoms with van der Waals surface area (Å²) in [5.74, 6) is -0.169. The second kappa shape index (κ2) is 9.06. The van der Waals surface area contributed by atoms with Crippen molar-refractivity contribution in [2.24, 2.45) is 0 Å². The fourth-order valence-corrected chi connectivity index (χ4v) is 3.56. The monoisotopic (exact) mass is 427 g/mol. The third-order valence-electron chi connectivity index (χ3n) is 5.32. The number of H-pyrrole nitrogens is 1. The number of anilines is 1. The van der Waals surface area contributed by atoms with Crippen LogP contribution in [-0.4, -0.2) is 27.9 Å². The van der Waals surface area contributed by atoms with Crippen LogP contribution in [-0.2, 0) is 9.53 Å². The van der Waals surface area contributed by atoms with E-state index in [2.05, 4.69) is 15.3 Å². The molecule has 1 amide bonds. The van der Waals surface area contributed by atoms with Crippen LogP contribution in [0.15, 0.2) is 66.7 Å². The van der Waals surface area contributed by atoms with Gasteiger partial charge in [-0.2, -0.15) is 0 Å². The molecule has 6 heteroatoms. The molecule has 0 aliphatic rings. The van der Waals surface area contributed by atoms with E-state index in [0.717, 1.165) is 33.5 Å². The number of nitrogens with one attached hydrogen (secondary N) is 2. The number of aromatic amines is 1. The van der Waals surface area contributed by atoms with E-state index in [9.17, 15) is 9.59 Å². The number of carbonyl (C=O) groups excluding carboxylic acids is 2. The van der Waals surface area contributed by atoms with Crippen LogP contribution in [0.25, 0.3) is 22.4 Å². The van der Waals surface area contributed by atoms with Gasteiger partial charge in [-0.3, -0.25) is 4.79 Å². The fraction of sp³-hybridized carbons (Fsp3) is 0.192. The number of amides is 1. The number of fused-ring (bicyclic) bond motifs is 1.